The van der Waals surface area contributed by atoms with Crippen molar-refractivity contribution in [2.24, 2.45) is 0 Å². The van der Waals surface area contributed by atoms with E-state index in [1.54, 1.807) is 11.3 Å². The Morgan fingerprint density at radius 2 is 0.953 bits per heavy atom. The first-order valence-electron chi connectivity index (χ1n) is 21.4. The van der Waals surface area contributed by atoms with Crippen molar-refractivity contribution in [1.29, 1.82) is 0 Å². The summed E-state index contributed by atoms with van der Waals surface area (Å²) in [6.07, 6.45) is 0. The van der Waals surface area contributed by atoms with Crippen molar-refractivity contribution in [3.63, 3.8) is 0 Å². The first kappa shape index (κ1) is 34.6. The molecule has 0 bridgehead atoms. The Kier molecular flexibility index (Phi) is 6.92. The van der Waals surface area contributed by atoms with Gasteiger partial charge in [-0.05, 0) is 71.1 Å². The predicted octanol–water partition coefficient (Wildman–Crippen LogP) is 16.3. The monoisotopic (exact) mass is 850 g/mol. The number of hydrogen-bond donors (Lipinski definition) is 0. The van der Waals surface area contributed by atoms with Gasteiger partial charge in [0.2, 0.25) is 0 Å². The van der Waals surface area contributed by atoms with Gasteiger partial charge in [0.05, 0.1) is 16.6 Å². The number of fused-ring (bicyclic) bond motifs is 12. The van der Waals surface area contributed by atoms with Crippen molar-refractivity contribution in [3.05, 3.63) is 182 Å². The van der Waals surface area contributed by atoms with Crippen LogP contribution in [0.5, 0.6) is 0 Å². The fourth-order valence-electron chi connectivity index (χ4n) is 10.4. The molecule has 0 saturated heterocycles. The summed E-state index contributed by atoms with van der Waals surface area (Å²) in [6.45, 7) is 0. The van der Waals surface area contributed by atoms with Crippen molar-refractivity contribution < 1.29 is 4.42 Å². The van der Waals surface area contributed by atoms with Crippen LogP contribution in [0.15, 0.2) is 186 Å². The van der Waals surface area contributed by atoms with E-state index in [4.69, 9.17) is 19.4 Å². The molecule has 15 rings (SSSR count). The van der Waals surface area contributed by atoms with Gasteiger partial charge in [-0.15, -0.1) is 22.7 Å². The van der Waals surface area contributed by atoms with Gasteiger partial charge in [-0.1, -0.05) is 127 Å². The van der Waals surface area contributed by atoms with Gasteiger partial charge in [0.15, 0.2) is 17.5 Å². The maximum absolute atomic E-state index is 6.34. The molecule has 0 aliphatic heterocycles. The molecule has 7 heteroatoms. The Morgan fingerprint density at radius 1 is 0.344 bits per heavy atom. The molecule has 0 aliphatic carbocycles. The van der Waals surface area contributed by atoms with Crippen LogP contribution in [0.2, 0.25) is 0 Å². The van der Waals surface area contributed by atoms with Crippen LogP contribution in [0.25, 0.3) is 146 Å². The third-order valence-corrected chi connectivity index (χ3v) is 15.4. The summed E-state index contributed by atoms with van der Waals surface area (Å²) >= 11 is 3.68. The van der Waals surface area contributed by atoms with Crippen molar-refractivity contribution in [2.45, 2.75) is 0 Å². The Morgan fingerprint density at radius 3 is 1.89 bits per heavy atom. The average molecular weight is 851 g/mol. The maximum atomic E-state index is 6.34. The highest BCUT2D eigenvalue weighted by Gasteiger charge is 2.22. The minimum Gasteiger partial charge on any atom is -0.456 e. The third kappa shape index (κ3) is 4.79. The Bertz CT molecular complexity index is 4460. The van der Waals surface area contributed by atoms with E-state index < -0.39 is 0 Å². The summed E-state index contributed by atoms with van der Waals surface area (Å²) in [5, 5.41) is 12.3. The largest absolute Gasteiger partial charge is 0.456 e. The molecule has 0 radical (unpaired) electrons. The molecule has 5 nitrogen and oxygen atoms in total. The number of benzene rings is 9. The molecule has 0 atom stereocenters. The van der Waals surface area contributed by atoms with E-state index in [0.29, 0.717) is 17.5 Å². The molecule has 64 heavy (non-hydrogen) atoms. The normalized spacial score (nSPS) is 12.4. The van der Waals surface area contributed by atoms with Crippen LogP contribution in [-0.2, 0) is 0 Å². The zero-order valence-corrected chi connectivity index (χ0v) is 35.5. The van der Waals surface area contributed by atoms with Gasteiger partial charge in [0.1, 0.15) is 11.2 Å². The Labute approximate surface area is 372 Å². The summed E-state index contributed by atoms with van der Waals surface area (Å²) in [5.74, 6) is 1.83. The standard InChI is InChI=1S/C57H30N4OS2/c1-4-17-43-35(12-1)40-26-27-49-53-52-39(15-9-21-48(52)64-49)36-24-22-32(29-44(36)61(43)54(40)53)31-10-7-11-33(28-31)55-58-56(34-23-25-38-37-13-3-6-20-47(37)63-50(38)30-34)60-57(59-55)42-16-8-19-46-51(42)41-14-2-5-18-45(41)62-46/h1-30H. The number of aromatic nitrogens is 4. The van der Waals surface area contributed by atoms with E-state index in [9.17, 15) is 0 Å². The molecule has 0 saturated carbocycles. The van der Waals surface area contributed by atoms with Crippen LogP contribution in [0.1, 0.15) is 0 Å². The smallest absolute Gasteiger partial charge is 0.164 e. The lowest BCUT2D eigenvalue weighted by atomic mass is 9.99. The number of furan rings is 1. The molecule has 9 aromatic carbocycles. The minimum absolute atomic E-state index is 0.600. The Balaban J connectivity index is 0.959. The number of thiophene rings is 2. The summed E-state index contributed by atoms with van der Waals surface area (Å²) < 4.78 is 14.0. The highest BCUT2D eigenvalue weighted by molar-refractivity contribution is 7.26. The minimum atomic E-state index is 0.600. The van der Waals surface area contributed by atoms with E-state index in [0.717, 1.165) is 49.8 Å². The summed E-state index contributed by atoms with van der Waals surface area (Å²) in [4.78, 5) is 15.8. The van der Waals surface area contributed by atoms with E-state index in [1.807, 2.05) is 41.7 Å². The molecule has 0 unspecified atom stereocenters. The van der Waals surface area contributed by atoms with Crippen LogP contribution in [0.4, 0.5) is 0 Å². The highest BCUT2D eigenvalue weighted by Crippen LogP contribution is 2.47. The molecule has 6 aromatic heterocycles. The summed E-state index contributed by atoms with van der Waals surface area (Å²) in [6, 6.07) is 65.3. The van der Waals surface area contributed by atoms with Gasteiger partial charge >= 0.3 is 0 Å². The fraction of sp³-hybridized carbons (Fsp3) is 0. The van der Waals surface area contributed by atoms with Crippen molar-refractivity contribution in [2.75, 3.05) is 0 Å². The first-order valence-corrected chi connectivity index (χ1v) is 23.0. The van der Waals surface area contributed by atoms with Gasteiger partial charge in [0.25, 0.3) is 0 Å². The predicted molar refractivity (Wildman–Crippen MR) is 269 cm³/mol. The van der Waals surface area contributed by atoms with Crippen LogP contribution in [0, 0.1) is 0 Å². The van der Waals surface area contributed by atoms with Crippen LogP contribution >= 0.6 is 22.7 Å². The van der Waals surface area contributed by atoms with E-state index in [1.165, 1.54) is 78.4 Å². The second-order valence-corrected chi connectivity index (χ2v) is 18.8. The van der Waals surface area contributed by atoms with Gasteiger partial charge in [-0.2, -0.15) is 0 Å². The van der Waals surface area contributed by atoms with Crippen molar-refractivity contribution in [3.8, 4) is 45.3 Å². The quantitative estimate of drug-likeness (QED) is 0.177. The highest BCUT2D eigenvalue weighted by atomic mass is 32.1. The average Bonchev–Trinajstić information content (AvgIpc) is 4.10. The lowest BCUT2D eigenvalue weighted by molar-refractivity contribution is 0.669. The summed E-state index contributed by atoms with van der Waals surface area (Å²) in [5.41, 5.74) is 10.3. The van der Waals surface area contributed by atoms with Crippen molar-refractivity contribution in [1.82, 2.24) is 19.4 Å². The topological polar surface area (TPSA) is 56.2 Å². The van der Waals surface area contributed by atoms with E-state index in [2.05, 4.69) is 156 Å². The van der Waals surface area contributed by atoms with Gasteiger partial charge < -0.3 is 8.82 Å². The second-order valence-electron chi connectivity index (χ2n) is 16.7. The molecule has 6 heterocycles. The van der Waals surface area contributed by atoms with Crippen molar-refractivity contribution >= 4 is 123 Å². The van der Waals surface area contributed by atoms with Crippen LogP contribution in [0.3, 0.4) is 0 Å². The van der Waals surface area contributed by atoms with E-state index >= 15 is 0 Å². The third-order valence-electron chi connectivity index (χ3n) is 13.2. The number of para-hydroxylation sites is 2. The lowest BCUT2D eigenvalue weighted by Gasteiger charge is -2.11. The molecule has 0 N–H and O–H groups in total. The maximum Gasteiger partial charge on any atom is 0.164 e. The molecular weight excluding hydrogens is 821 g/mol. The zero-order chi connectivity index (χ0) is 41.6. The molecule has 0 aliphatic rings. The number of rotatable bonds is 4. The molecule has 296 valence electrons. The van der Waals surface area contributed by atoms with Crippen LogP contribution < -0.4 is 0 Å². The molecule has 15 aromatic rings. The molecule has 0 amide bonds. The SMILES string of the molecule is c1cc(-c2ccc3c4cccc5sc6ccc7c8ccccc8n(c3c2)c7c6c54)cc(-c2nc(-c3ccc4c(c3)sc3ccccc34)nc(-c3cccc4oc5ccccc5c34)n2)c1. The number of nitrogens with zero attached hydrogens (tertiary/aromatic N) is 4. The molecule has 0 fully saturated rings. The fourth-order valence-corrected chi connectivity index (χ4v) is 12.7. The van der Waals surface area contributed by atoms with Gasteiger partial charge in [0, 0.05) is 84.0 Å². The number of hydrogen-bond acceptors (Lipinski definition) is 6. The van der Waals surface area contributed by atoms with Gasteiger partial charge in [-0.25, -0.2) is 15.0 Å². The Hall–Kier alpha value is -7.97. The first-order chi connectivity index (χ1) is 31.7. The van der Waals surface area contributed by atoms with Gasteiger partial charge in [-0.3, -0.25) is 0 Å². The summed E-state index contributed by atoms with van der Waals surface area (Å²) in [7, 11) is 0. The molecular formula is C57H30N4OS2. The van der Waals surface area contributed by atoms with Crippen LogP contribution in [-0.4, -0.2) is 19.4 Å². The second kappa shape index (κ2) is 12.8. The van der Waals surface area contributed by atoms with E-state index in [-0.39, 0.29) is 0 Å². The molecule has 0 spiro atoms. The zero-order valence-electron chi connectivity index (χ0n) is 33.8. The lowest BCUT2D eigenvalue weighted by Crippen LogP contribution is -2.00.